The monoisotopic (exact) mass is 466 g/mol. The van der Waals surface area contributed by atoms with Crippen LogP contribution in [0, 0.1) is 24.2 Å². The molecule has 0 spiro atoms. The van der Waals surface area contributed by atoms with Crippen molar-refractivity contribution in [2.45, 2.75) is 38.9 Å². The van der Waals surface area contributed by atoms with Gasteiger partial charge in [0, 0.05) is 36.1 Å². The first-order valence-corrected chi connectivity index (χ1v) is 12.1. The molecule has 1 aliphatic carbocycles. The van der Waals surface area contributed by atoms with E-state index in [9.17, 15) is 10.1 Å². The fraction of sp³-hybridized carbons (Fsp3) is 0.357. The molecule has 0 saturated heterocycles. The Morgan fingerprint density at radius 2 is 2.00 bits per heavy atom. The van der Waals surface area contributed by atoms with Gasteiger partial charge in [-0.2, -0.15) is 10.4 Å². The van der Waals surface area contributed by atoms with Crippen LogP contribution in [0.5, 0.6) is 0 Å². The quantitative estimate of drug-likeness (QED) is 0.513. The SMILES string of the molecule is Cc1c(C#N)cccc1-c1nn2c(c1-c1ccncc1)CN(C(=O)/C=C/CN(C)C)[C@@H](C1CC1)C2. The minimum atomic E-state index is 0.0566. The molecule has 0 radical (unpaired) electrons. The van der Waals surface area contributed by atoms with E-state index >= 15 is 0 Å². The van der Waals surface area contributed by atoms with Gasteiger partial charge in [-0.15, -0.1) is 0 Å². The highest BCUT2D eigenvalue weighted by molar-refractivity contribution is 5.89. The number of pyridine rings is 1. The summed E-state index contributed by atoms with van der Waals surface area (Å²) in [7, 11) is 3.99. The largest absolute Gasteiger partial charge is 0.328 e. The predicted octanol–water partition coefficient (Wildman–Crippen LogP) is 4.03. The molecule has 3 heterocycles. The number of amides is 1. The number of nitriles is 1. The van der Waals surface area contributed by atoms with E-state index in [2.05, 4.69) is 15.7 Å². The number of fused-ring (bicyclic) bond motifs is 1. The fourth-order valence-electron chi connectivity index (χ4n) is 4.97. The van der Waals surface area contributed by atoms with Crippen LogP contribution in [0.4, 0.5) is 0 Å². The number of aromatic nitrogens is 3. The summed E-state index contributed by atoms with van der Waals surface area (Å²) >= 11 is 0. The molecular formula is C28H30N6O. The zero-order valence-corrected chi connectivity index (χ0v) is 20.5. The van der Waals surface area contributed by atoms with Crippen molar-refractivity contribution in [2.75, 3.05) is 20.6 Å². The number of benzene rings is 1. The third-order valence-corrected chi connectivity index (χ3v) is 7.00. The van der Waals surface area contributed by atoms with E-state index in [1.807, 2.05) is 67.2 Å². The molecule has 0 unspecified atom stereocenters. The molecule has 7 nitrogen and oxygen atoms in total. The van der Waals surface area contributed by atoms with Crippen LogP contribution in [0.1, 0.15) is 29.7 Å². The van der Waals surface area contributed by atoms with Crippen molar-refractivity contribution in [1.82, 2.24) is 24.6 Å². The lowest BCUT2D eigenvalue weighted by molar-refractivity contribution is -0.130. The number of nitrogens with zero attached hydrogens (tertiary/aromatic N) is 6. The topological polar surface area (TPSA) is 78.0 Å². The molecule has 1 aromatic carbocycles. The lowest BCUT2D eigenvalue weighted by Gasteiger charge is -2.36. The second-order valence-electron chi connectivity index (χ2n) is 9.71. The Hall–Kier alpha value is -3.76. The molecule has 5 rings (SSSR count). The first-order valence-electron chi connectivity index (χ1n) is 12.1. The number of carbonyl (C=O) groups excluding carboxylic acids is 1. The van der Waals surface area contributed by atoms with Gasteiger partial charge in [-0.3, -0.25) is 14.5 Å². The standard InChI is InChI=1S/C28H30N6O/c1-19-22(16-29)6-4-7-23(19)28-27(21-11-13-30-14-12-21)25-17-33(26(35)8-5-15-32(2)3)24(20-9-10-20)18-34(25)31-28/h4-8,11-14,20,24H,9-10,15,17-18H2,1-3H3/b8-5+/t24-/m1/s1. The Labute approximate surface area is 206 Å². The van der Waals surface area contributed by atoms with Crippen molar-refractivity contribution in [1.29, 1.82) is 5.26 Å². The van der Waals surface area contributed by atoms with Crippen molar-refractivity contribution >= 4 is 5.91 Å². The van der Waals surface area contributed by atoms with Gasteiger partial charge in [0.25, 0.3) is 0 Å². The predicted molar refractivity (Wildman–Crippen MR) is 135 cm³/mol. The van der Waals surface area contributed by atoms with Crippen LogP contribution in [0.3, 0.4) is 0 Å². The zero-order chi connectivity index (χ0) is 24.5. The number of rotatable bonds is 6. The van der Waals surface area contributed by atoms with Gasteiger partial charge in [-0.1, -0.05) is 18.2 Å². The van der Waals surface area contributed by atoms with Gasteiger partial charge in [0.2, 0.25) is 5.91 Å². The lowest BCUT2D eigenvalue weighted by atomic mass is 9.94. The first kappa shape index (κ1) is 23.0. The van der Waals surface area contributed by atoms with Crippen LogP contribution in [0.2, 0.25) is 0 Å². The van der Waals surface area contributed by atoms with E-state index in [0.717, 1.165) is 53.0 Å². The van der Waals surface area contributed by atoms with Gasteiger partial charge in [0.05, 0.1) is 36.5 Å². The van der Waals surface area contributed by atoms with Gasteiger partial charge in [0.15, 0.2) is 0 Å². The maximum absolute atomic E-state index is 13.3. The Balaban J connectivity index is 1.62. The molecule has 1 fully saturated rings. The molecule has 1 amide bonds. The van der Waals surface area contributed by atoms with Gasteiger partial charge >= 0.3 is 0 Å². The molecule has 1 atom stereocenters. The number of hydrogen-bond donors (Lipinski definition) is 0. The Kier molecular flexibility index (Phi) is 6.23. The molecule has 1 aliphatic heterocycles. The summed E-state index contributed by atoms with van der Waals surface area (Å²) in [6.45, 7) is 3.89. The van der Waals surface area contributed by atoms with Crippen molar-refractivity contribution in [3.05, 3.63) is 71.7 Å². The van der Waals surface area contributed by atoms with E-state index < -0.39 is 0 Å². The van der Waals surface area contributed by atoms with E-state index in [0.29, 0.717) is 24.6 Å². The summed E-state index contributed by atoms with van der Waals surface area (Å²) in [4.78, 5) is 21.6. The van der Waals surface area contributed by atoms with Crippen molar-refractivity contribution in [3.63, 3.8) is 0 Å². The van der Waals surface area contributed by atoms with E-state index in [-0.39, 0.29) is 11.9 Å². The maximum Gasteiger partial charge on any atom is 0.246 e. The van der Waals surface area contributed by atoms with Crippen molar-refractivity contribution < 1.29 is 4.79 Å². The summed E-state index contributed by atoms with van der Waals surface area (Å²) in [6, 6.07) is 12.2. The second-order valence-corrected chi connectivity index (χ2v) is 9.71. The van der Waals surface area contributed by atoms with E-state index in [1.165, 1.54) is 0 Å². The van der Waals surface area contributed by atoms with Crippen LogP contribution in [0.15, 0.2) is 54.9 Å². The Morgan fingerprint density at radius 1 is 1.23 bits per heavy atom. The highest BCUT2D eigenvalue weighted by atomic mass is 16.2. The summed E-state index contributed by atoms with van der Waals surface area (Å²) < 4.78 is 2.10. The highest BCUT2D eigenvalue weighted by Gasteiger charge is 2.41. The minimum absolute atomic E-state index is 0.0566. The van der Waals surface area contributed by atoms with Crippen LogP contribution in [0.25, 0.3) is 22.4 Å². The summed E-state index contributed by atoms with van der Waals surface area (Å²) in [5, 5.41) is 14.7. The summed E-state index contributed by atoms with van der Waals surface area (Å²) in [5.74, 6) is 0.580. The third kappa shape index (κ3) is 4.50. The first-order chi connectivity index (χ1) is 17.0. The lowest BCUT2D eigenvalue weighted by Crippen LogP contribution is -2.47. The molecule has 2 aliphatic rings. The van der Waals surface area contributed by atoms with Crippen molar-refractivity contribution in [3.8, 4) is 28.5 Å². The Morgan fingerprint density at radius 3 is 2.69 bits per heavy atom. The Bertz CT molecular complexity index is 1310. The van der Waals surface area contributed by atoms with Crippen molar-refractivity contribution in [2.24, 2.45) is 5.92 Å². The van der Waals surface area contributed by atoms with Gasteiger partial charge in [-0.25, -0.2) is 0 Å². The number of carbonyl (C=O) groups is 1. The molecular weight excluding hydrogens is 436 g/mol. The molecule has 1 saturated carbocycles. The molecule has 0 N–H and O–H groups in total. The van der Waals surface area contributed by atoms with E-state index in [1.54, 1.807) is 18.5 Å². The van der Waals surface area contributed by atoms with Gasteiger partial charge < -0.3 is 9.80 Å². The van der Waals surface area contributed by atoms with Gasteiger partial charge in [0.1, 0.15) is 5.69 Å². The zero-order valence-electron chi connectivity index (χ0n) is 20.5. The number of likely N-dealkylation sites (N-methyl/N-ethyl adjacent to an activating group) is 1. The molecule has 35 heavy (non-hydrogen) atoms. The van der Waals surface area contributed by atoms with Crippen LogP contribution >= 0.6 is 0 Å². The molecule has 2 aromatic heterocycles. The third-order valence-electron chi connectivity index (χ3n) is 7.00. The number of hydrogen-bond acceptors (Lipinski definition) is 5. The minimum Gasteiger partial charge on any atom is -0.328 e. The molecule has 178 valence electrons. The highest BCUT2D eigenvalue weighted by Crippen LogP contribution is 2.43. The van der Waals surface area contributed by atoms with E-state index in [4.69, 9.17) is 5.10 Å². The molecule has 7 heteroatoms. The fourth-order valence-corrected chi connectivity index (χ4v) is 4.97. The average molecular weight is 467 g/mol. The average Bonchev–Trinajstić information content (AvgIpc) is 3.64. The summed E-state index contributed by atoms with van der Waals surface area (Å²) in [6.07, 6.45) is 9.52. The summed E-state index contributed by atoms with van der Waals surface area (Å²) in [5.41, 5.74) is 6.41. The van der Waals surface area contributed by atoms with Crippen LogP contribution in [-0.2, 0) is 17.9 Å². The van der Waals surface area contributed by atoms with Crippen LogP contribution in [-0.4, -0.2) is 57.2 Å². The smallest absolute Gasteiger partial charge is 0.246 e. The normalized spacial score (nSPS) is 17.6. The second kappa shape index (κ2) is 9.47. The molecule has 3 aromatic rings. The maximum atomic E-state index is 13.3. The van der Waals surface area contributed by atoms with Gasteiger partial charge in [-0.05, 0) is 69.1 Å². The van der Waals surface area contributed by atoms with Crippen LogP contribution < -0.4 is 0 Å². The molecule has 0 bridgehead atoms.